The van der Waals surface area contributed by atoms with Gasteiger partial charge in [-0.05, 0) is 11.6 Å². The van der Waals surface area contributed by atoms with Gasteiger partial charge in [0.25, 0.3) is 0 Å². The molecule has 0 saturated heterocycles. The lowest BCUT2D eigenvalue weighted by Crippen LogP contribution is -2.12. The van der Waals surface area contributed by atoms with E-state index in [0.29, 0.717) is 6.07 Å². The standard InChI is InChI=1S/C9H5ClF4O2/c10-8-4(3-6(15)16)1-2-5(11)7(8)9(12,13)14/h1-2H,3H2,(H,15,16). The molecule has 0 bridgehead atoms. The first-order valence-corrected chi connectivity index (χ1v) is 4.37. The maximum atomic E-state index is 12.9. The number of alkyl halides is 3. The van der Waals surface area contributed by atoms with E-state index in [2.05, 4.69) is 0 Å². The van der Waals surface area contributed by atoms with Gasteiger partial charge in [0.05, 0.1) is 11.4 Å². The third-order valence-electron chi connectivity index (χ3n) is 1.80. The number of carbonyl (C=O) groups is 1. The van der Waals surface area contributed by atoms with Crippen molar-refractivity contribution in [2.75, 3.05) is 0 Å². The van der Waals surface area contributed by atoms with Crippen LogP contribution < -0.4 is 0 Å². The summed E-state index contributed by atoms with van der Waals surface area (Å²) in [4.78, 5) is 10.3. The van der Waals surface area contributed by atoms with Gasteiger partial charge in [-0.15, -0.1) is 0 Å². The van der Waals surface area contributed by atoms with E-state index in [4.69, 9.17) is 16.7 Å². The van der Waals surface area contributed by atoms with Gasteiger partial charge in [0, 0.05) is 0 Å². The summed E-state index contributed by atoms with van der Waals surface area (Å²) < 4.78 is 50.0. The number of carboxylic acid groups (broad SMARTS) is 1. The van der Waals surface area contributed by atoms with Crippen molar-refractivity contribution in [3.05, 3.63) is 34.1 Å². The number of carboxylic acids is 1. The molecule has 0 aliphatic heterocycles. The van der Waals surface area contributed by atoms with Gasteiger partial charge in [-0.25, -0.2) is 4.39 Å². The molecule has 0 saturated carbocycles. The van der Waals surface area contributed by atoms with Gasteiger partial charge in [0.15, 0.2) is 0 Å². The SMILES string of the molecule is O=C(O)Cc1ccc(F)c(C(F)(F)F)c1Cl. The molecule has 0 heterocycles. The predicted molar refractivity (Wildman–Crippen MR) is 47.8 cm³/mol. The highest BCUT2D eigenvalue weighted by atomic mass is 35.5. The van der Waals surface area contributed by atoms with E-state index in [0.717, 1.165) is 6.07 Å². The molecule has 0 radical (unpaired) electrons. The summed E-state index contributed by atoms with van der Waals surface area (Å²) in [7, 11) is 0. The Morgan fingerprint density at radius 1 is 1.38 bits per heavy atom. The normalized spacial score (nSPS) is 11.6. The van der Waals surface area contributed by atoms with E-state index >= 15 is 0 Å². The average Bonchev–Trinajstić information content (AvgIpc) is 2.07. The summed E-state index contributed by atoms with van der Waals surface area (Å²) in [6.45, 7) is 0. The Morgan fingerprint density at radius 3 is 2.38 bits per heavy atom. The fraction of sp³-hybridized carbons (Fsp3) is 0.222. The van der Waals surface area contributed by atoms with Crippen molar-refractivity contribution in [2.24, 2.45) is 0 Å². The third kappa shape index (κ3) is 2.63. The first kappa shape index (κ1) is 12.8. The number of hydrogen-bond acceptors (Lipinski definition) is 1. The van der Waals surface area contributed by atoms with Crippen molar-refractivity contribution in [1.82, 2.24) is 0 Å². The minimum atomic E-state index is -4.95. The van der Waals surface area contributed by atoms with Gasteiger partial charge in [-0.3, -0.25) is 4.79 Å². The highest BCUT2D eigenvalue weighted by Gasteiger charge is 2.37. The topological polar surface area (TPSA) is 37.3 Å². The molecule has 0 unspecified atom stereocenters. The zero-order chi connectivity index (χ0) is 12.5. The number of aliphatic carboxylic acids is 1. The van der Waals surface area contributed by atoms with Gasteiger partial charge in [-0.2, -0.15) is 13.2 Å². The van der Waals surface area contributed by atoms with Crippen molar-refractivity contribution >= 4 is 17.6 Å². The van der Waals surface area contributed by atoms with E-state index in [1.165, 1.54) is 0 Å². The van der Waals surface area contributed by atoms with E-state index in [-0.39, 0.29) is 5.56 Å². The third-order valence-corrected chi connectivity index (χ3v) is 2.23. The molecule has 1 rings (SSSR count). The molecule has 1 aromatic carbocycles. The highest BCUT2D eigenvalue weighted by Crippen LogP contribution is 2.38. The zero-order valence-corrected chi connectivity index (χ0v) is 8.36. The lowest BCUT2D eigenvalue weighted by Gasteiger charge is -2.12. The molecule has 0 amide bonds. The molecule has 88 valence electrons. The molecular weight excluding hydrogens is 252 g/mol. The Bertz CT molecular complexity index is 428. The summed E-state index contributed by atoms with van der Waals surface area (Å²) in [5.41, 5.74) is -1.91. The van der Waals surface area contributed by atoms with E-state index in [1.807, 2.05) is 0 Å². The Balaban J connectivity index is 3.33. The van der Waals surface area contributed by atoms with Crippen LogP contribution in [0.25, 0.3) is 0 Å². The van der Waals surface area contributed by atoms with Gasteiger partial charge < -0.3 is 5.11 Å². The van der Waals surface area contributed by atoms with Crippen LogP contribution in [0.3, 0.4) is 0 Å². The van der Waals surface area contributed by atoms with E-state index in [9.17, 15) is 22.4 Å². The van der Waals surface area contributed by atoms with E-state index in [1.54, 1.807) is 0 Å². The van der Waals surface area contributed by atoms with Gasteiger partial charge in [-0.1, -0.05) is 17.7 Å². The maximum Gasteiger partial charge on any atom is 0.420 e. The molecule has 0 atom stereocenters. The van der Waals surface area contributed by atoms with E-state index < -0.39 is 35.0 Å². The minimum Gasteiger partial charge on any atom is -0.481 e. The van der Waals surface area contributed by atoms with Crippen molar-refractivity contribution < 1.29 is 27.5 Å². The minimum absolute atomic E-state index is 0.275. The van der Waals surface area contributed by atoms with Crippen LogP contribution in [0.2, 0.25) is 5.02 Å². The average molecular weight is 257 g/mol. The monoisotopic (exact) mass is 256 g/mol. The summed E-state index contributed by atoms with van der Waals surface area (Å²) in [6.07, 6.45) is -5.64. The molecule has 0 aliphatic rings. The van der Waals surface area contributed by atoms with Crippen LogP contribution >= 0.6 is 11.6 Å². The van der Waals surface area contributed by atoms with Crippen molar-refractivity contribution in [1.29, 1.82) is 0 Å². The van der Waals surface area contributed by atoms with Gasteiger partial charge in [0.1, 0.15) is 11.4 Å². The smallest absolute Gasteiger partial charge is 0.420 e. The second-order valence-electron chi connectivity index (χ2n) is 2.96. The number of halogens is 5. The summed E-state index contributed by atoms with van der Waals surface area (Å²) in [5, 5.41) is 7.51. The Kier molecular flexibility index (Phi) is 3.42. The summed E-state index contributed by atoms with van der Waals surface area (Å²) in [6, 6.07) is 1.47. The first-order chi connectivity index (χ1) is 7.23. The molecule has 16 heavy (non-hydrogen) atoms. The fourth-order valence-corrected chi connectivity index (χ4v) is 1.48. The van der Waals surface area contributed by atoms with Crippen LogP contribution in [-0.2, 0) is 17.4 Å². The molecule has 2 nitrogen and oxygen atoms in total. The summed E-state index contributed by atoms with van der Waals surface area (Å²) >= 11 is 5.32. The molecule has 1 aromatic rings. The molecule has 1 N–H and O–H groups in total. The van der Waals surface area contributed by atoms with Gasteiger partial charge >= 0.3 is 12.1 Å². The van der Waals surface area contributed by atoms with Crippen LogP contribution in [0, 0.1) is 5.82 Å². The lowest BCUT2D eigenvalue weighted by molar-refractivity contribution is -0.140. The van der Waals surface area contributed by atoms with Crippen LogP contribution in [0.5, 0.6) is 0 Å². The first-order valence-electron chi connectivity index (χ1n) is 3.99. The zero-order valence-electron chi connectivity index (χ0n) is 7.61. The molecule has 0 aliphatic carbocycles. The van der Waals surface area contributed by atoms with Crippen LogP contribution in [0.4, 0.5) is 17.6 Å². The summed E-state index contributed by atoms with van der Waals surface area (Å²) in [5.74, 6) is -2.87. The number of hydrogen-bond donors (Lipinski definition) is 1. The van der Waals surface area contributed by atoms with Crippen LogP contribution in [-0.4, -0.2) is 11.1 Å². The maximum absolute atomic E-state index is 12.9. The number of rotatable bonds is 2. The molecular formula is C9H5ClF4O2. The fourth-order valence-electron chi connectivity index (χ4n) is 1.15. The van der Waals surface area contributed by atoms with Gasteiger partial charge in [0.2, 0.25) is 0 Å². The Morgan fingerprint density at radius 2 is 1.94 bits per heavy atom. The lowest BCUT2D eigenvalue weighted by atomic mass is 10.1. The van der Waals surface area contributed by atoms with Crippen LogP contribution in [0.1, 0.15) is 11.1 Å². The second kappa shape index (κ2) is 4.29. The Hall–Kier alpha value is -1.30. The second-order valence-corrected chi connectivity index (χ2v) is 3.34. The Labute approximate surface area is 92.4 Å². The molecule has 0 aromatic heterocycles. The molecule has 7 heteroatoms. The predicted octanol–water partition coefficient (Wildman–Crippen LogP) is 3.13. The van der Waals surface area contributed by atoms with Crippen molar-refractivity contribution in [3.63, 3.8) is 0 Å². The molecule has 0 spiro atoms. The van der Waals surface area contributed by atoms with Crippen LogP contribution in [0.15, 0.2) is 12.1 Å². The number of benzene rings is 1. The highest BCUT2D eigenvalue weighted by molar-refractivity contribution is 6.32. The van der Waals surface area contributed by atoms with Crippen molar-refractivity contribution in [3.8, 4) is 0 Å². The molecule has 0 fully saturated rings. The largest absolute Gasteiger partial charge is 0.481 e. The van der Waals surface area contributed by atoms with Crippen molar-refractivity contribution in [2.45, 2.75) is 12.6 Å². The quantitative estimate of drug-likeness (QED) is 0.826.